The van der Waals surface area contributed by atoms with E-state index in [-0.39, 0.29) is 18.7 Å². The highest BCUT2D eigenvalue weighted by Crippen LogP contribution is 2.20. The van der Waals surface area contributed by atoms with Crippen LogP contribution in [0.4, 0.5) is 4.39 Å². The molecule has 0 saturated carbocycles. The van der Waals surface area contributed by atoms with Crippen LogP contribution >= 0.6 is 11.6 Å². The van der Waals surface area contributed by atoms with Crippen LogP contribution in [-0.2, 0) is 0 Å². The maximum atomic E-state index is 13.3. The van der Waals surface area contributed by atoms with Crippen molar-refractivity contribution >= 4 is 11.6 Å². The van der Waals surface area contributed by atoms with Gasteiger partial charge in [-0.1, -0.05) is 11.6 Å². The molecule has 5 heteroatoms. The first-order valence-electron chi connectivity index (χ1n) is 4.38. The molecule has 0 radical (unpaired) electrons. The largest absolute Gasteiger partial charge is 0.395 e. The highest BCUT2D eigenvalue weighted by Gasteiger charge is 2.14. The Morgan fingerprint density at radius 3 is 2.93 bits per heavy atom. The van der Waals surface area contributed by atoms with E-state index in [4.69, 9.17) is 22.0 Å². The van der Waals surface area contributed by atoms with Crippen LogP contribution in [0.25, 0.3) is 0 Å². The maximum Gasteiger partial charge on any atom is 0.129 e. The van der Waals surface area contributed by atoms with E-state index in [1.807, 2.05) is 6.07 Å². The predicted molar refractivity (Wildman–Crippen MR) is 54.9 cm³/mol. The van der Waals surface area contributed by atoms with E-state index in [1.54, 1.807) is 0 Å². The second kappa shape index (κ2) is 5.66. The summed E-state index contributed by atoms with van der Waals surface area (Å²) >= 11 is 5.70. The summed E-state index contributed by atoms with van der Waals surface area (Å²) in [6.45, 7) is 0.116. The Morgan fingerprint density at radius 1 is 1.60 bits per heavy atom. The summed E-state index contributed by atoms with van der Waals surface area (Å²) in [4.78, 5) is 0. The van der Waals surface area contributed by atoms with Crippen LogP contribution < -0.4 is 5.32 Å². The van der Waals surface area contributed by atoms with Crippen LogP contribution in [0.5, 0.6) is 0 Å². The number of benzene rings is 1. The number of rotatable bonds is 4. The van der Waals surface area contributed by atoms with Crippen molar-refractivity contribution in [2.45, 2.75) is 6.04 Å². The van der Waals surface area contributed by atoms with Crippen molar-refractivity contribution in [2.75, 3.05) is 13.2 Å². The monoisotopic (exact) mass is 228 g/mol. The summed E-state index contributed by atoms with van der Waals surface area (Å²) in [6, 6.07) is 5.13. The Bertz CT molecular complexity index is 378. The van der Waals surface area contributed by atoms with Gasteiger partial charge in [0.15, 0.2) is 0 Å². The van der Waals surface area contributed by atoms with Gasteiger partial charge in [0, 0.05) is 17.1 Å². The lowest BCUT2D eigenvalue weighted by molar-refractivity contribution is 0.289. The first kappa shape index (κ1) is 11.9. The Balaban J connectivity index is 2.91. The van der Waals surface area contributed by atoms with Crippen molar-refractivity contribution in [3.8, 4) is 6.07 Å². The number of aliphatic hydroxyl groups excluding tert-OH is 1. The Kier molecular flexibility index (Phi) is 4.50. The average Bonchev–Trinajstić information content (AvgIpc) is 2.24. The normalized spacial score (nSPS) is 12.1. The third-order valence-electron chi connectivity index (χ3n) is 1.86. The minimum atomic E-state index is -0.796. The van der Waals surface area contributed by atoms with Crippen LogP contribution in [0.3, 0.4) is 0 Å². The molecule has 3 nitrogen and oxygen atoms in total. The third kappa shape index (κ3) is 3.17. The zero-order valence-corrected chi connectivity index (χ0v) is 8.63. The first-order chi connectivity index (χ1) is 7.19. The Hall–Kier alpha value is -1.15. The summed E-state index contributed by atoms with van der Waals surface area (Å²) < 4.78 is 13.3. The molecule has 2 N–H and O–H groups in total. The fourth-order valence-corrected chi connectivity index (χ4v) is 1.35. The molecule has 0 aliphatic rings. The zero-order chi connectivity index (χ0) is 11.3. The summed E-state index contributed by atoms with van der Waals surface area (Å²) in [5.74, 6) is -0.489. The molecule has 0 aromatic heterocycles. The molecule has 1 rings (SSSR count). The topological polar surface area (TPSA) is 56.0 Å². The van der Waals surface area contributed by atoms with E-state index in [1.165, 1.54) is 18.2 Å². The summed E-state index contributed by atoms with van der Waals surface area (Å²) in [5, 5.41) is 20.5. The molecule has 0 aliphatic heterocycles. The molecule has 0 fully saturated rings. The molecule has 0 saturated heterocycles. The van der Waals surface area contributed by atoms with E-state index >= 15 is 0 Å². The molecule has 1 aromatic carbocycles. The molecular weight excluding hydrogens is 219 g/mol. The standard InChI is InChI=1S/C10H10ClFN2O/c11-7-1-2-9(12)8(5-7)10(6-13)14-3-4-15/h1-2,5,10,14-15H,3-4H2. The van der Waals surface area contributed by atoms with Crippen molar-refractivity contribution in [1.29, 1.82) is 5.26 Å². The number of nitrogens with one attached hydrogen (secondary N) is 1. The fraction of sp³-hybridized carbons (Fsp3) is 0.300. The molecule has 0 bridgehead atoms. The number of aliphatic hydroxyl groups is 1. The van der Waals surface area contributed by atoms with Gasteiger partial charge in [-0.25, -0.2) is 4.39 Å². The quantitative estimate of drug-likeness (QED) is 0.824. The first-order valence-corrected chi connectivity index (χ1v) is 4.75. The van der Waals surface area contributed by atoms with E-state index in [2.05, 4.69) is 5.32 Å². The number of halogens is 2. The van der Waals surface area contributed by atoms with Gasteiger partial charge < -0.3 is 5.11 Å². The van der Waals surface area contributed by atoms with Crippen LogP contribution in [0.1, 0.15) is 11.6 Å². The second-order valence-electron chi connectivity index (χ2n) is 2.91. The average molecular weight is 229 g/mol. The molecule has 15 heavy (non-hydrogen) atoms. The van der Waals surface area contributed by atoms with Crippen molar-refractivity contribution in [2.24, 2.45) is 0 Å². The molecule has 0 amide bonds. The van der Waals surface area contributed by atoms with Crippen molar-refractivity contribution in [1.82, 2.24) is 5.32 Å². The second-order valence-corrected chi connectivity index (χ2v) is 3.34. The lowest BCUT2D eigenvalue weighted by atomic mass is 10.1. The maximum absolute atomic E-state index is 13.3. The Labute approximate surface area is 92.1 Å². The third-order valence-corrected chi connectivity index (χ3v) is 2.09. The summed E-state index contributed by atoms with van der Waals surface area (Å²) in [6.07, 6.45) is 0. The summed E-state index contributed by atoms with van der Waals surface area (Å²) in [5.41, 5.74) is 0.193. The van der Waals surface area contributed by atoms with Gasteiger partial charge in [-0.3, -0.25) is 5.32 Å². The van der Waals surface area contributed by atoms with Gasteiger partial charge >= 0.3 is 0 Å². The lowest BCUT2D eigenvalue weighted by Gasteiger charge is -2.11. The number of nitrogens with zero attached hydrogens (tertiary/aromatic N) is 1. The molecule has 1 aromatic rings. The van der Waals surface area contributed by atoms with Crippen LogP contribution in [0, 0.1) is 17.1 Å². The van der Waals surface area contributed by atoms with Crippen molar-refractivity contribution in [3.05, 3.63) is 34.6 Å². The van der Waals surface area contributed by atoms with E-state index < -0.39 is 11.9 Å². The molecule has 0 aliphatic carbocycles. The van der Waals surface area contributed by atoms with Gasteiger partial charge in [0.2, 0.25) is 0 Å². The molecule has 0 spiro atoms. The molecule has 80 valence electrons. The van der Waals surface area contributed by atoms with E-state index in [0.717, 1.165) is 0 Å². The van der Waals surface area contributed by atoms with Gasteiger partial charge in [-0.2, -0.15) is 5.26 Å². The smallest absolute Gasteiger partial charge is 0.129 e. The lowest BCUT2D eigenvalue weighted by Crippen LogP contribution is -2.24. The van der Waals surface area contributed by atoms with Gasteiger partial charge in [-0.15, -0.1) is 0 Å². The molecule has 1 unspecified atom stereocenters. The SMILES string of the molecule is N#CC(NCCO)c1cc(Cl)ccc1F. The number of hydrogen-bond acceptors (Lipinski definition) is 3. The zero-order valence-electron chi connectivity index (χ0n) is 7.87. The molecule has 0 heterocycles. The van der Waals surface area contributed by atoms with Gasteiger partial charge in [0.05, 0.1) is 12.7 Å². The predicted octanol–water partition coefficient (Wildman–Crippen LogP) is 1.63. The Morgan fingerprint density at radius 2 is 2.33 bits per heavy atom. The molecular formula is C10H10ClFN2O. The number of hydrogen-bond donors (Lipinski definition) is 2. The van der Waals surface area contributed by atoms with Gasteiger partial charge in [0.25, 0.3) is 0 Å². The highest BCUT2D eigenvalue weighted by molar-refractivity contribution is 6.30. The van der Waals surface area contributed by atoms with Gasteiger partial charge in [-0.05, 0) is 18.2 Å². The van der Waals surface area contributed by atoms with Gasteiger partial charge in [0.1, 0.15) is 11.9 Å². The minimum absolute atomic E-state index is 0.111. The van der Waals surface area contributed by atoms with E-state index in [0.29, 0.717) is 5.02 Å². The highest BCUT2D eigenvalue weighted by atomic mass is 35.5. The fourth-order valence-electron chi connectivity index (χ4n) is 1.17. The van der Waals surface area contributed by atoms with E-state index in [9.17, 15) is 4.39 Å². The van der Waals surface area contributed by atoms with Crippen LogP contribution in [0.15, 0.2) is 18.2 Å². The minimum Gasteiger partial charge on any atom is -0.395 e. The van der Waals surface area contributed by atoms with Crippen LogP contribution in [-0.4, -0.2) is 18.3 Å². The molecule has 1 atom stereocenters. The van der Waals surface area contributed by atoms with Crippen molar-refractivity contribution in [3.63, 3.8) is 0 Å². The summed E-state index contributed by atoms with van der Waals surface area (Å²) in [7, 11) is 0. The van der Waals surface area contributed by atoms with Crippen molar-refractivity contribution < 1.29 is 9.50 Å². The van der Waals surface area contributed by atoms with Crippen LogP contribution in [0.2, 0.25) is 5.02 Å². The number of nitriles is 1.